The molecular formula is C26H27F3N8O6S. The molecule has 0 spiro atoms. The van der Waals surface area contributed by atoms with Crippen LogP contribution in [-0.4, -0.2) is 117 Å². The zero-order valence-corrected chi connectivity index (χ0v) is 23.8. The zero-order chi connectivity index (χ0) is 31.0. The fraction of sp³-hybridized carbons (Fsp3) is 0.462. The number of aliphatic hydroxyl groups is 3. The van der Waals surface area contributed by atoms with Gasteiger partial charge in [0.2, 0.25) is 0 Å². The van der Waals surface area contributed by atoms with Gasteiger partial charge in [0.15, 0.2) is 17.5 Å². The van der Waals surface area contributed by atoms with E-state index in [1.807, 2.05) is 0 Å². The van der Waals surface area contributed by atoms with Crippen molar-refractivity contribution < 1.29 is 42.7 Å². The number of halogens is 3. The molecule has 2 fully saturated rings. The molecule has 2 aliphatic heterocycles. The van der Waals surface area contributed by atoms with Crippen molar-refractivity contribution in [1.29, 1.82) is 0 Å². The molecule has 1 aromatic carbocycles. The van der Waals surface area contributed by atoms with Crippen LogP contribution in [0.2, 0.25) is 0 Å². The summed E-state index contributed by atoms with van der Waals surface area (Å²) < 4.78 is 61.5. The number of hydrogen-bond donors (Lipinski definition) is 3. The van der Waals surface area contributed by atoms with Gasteiger partial charge in [-0.15, -0.1) is 22.0 Å². The van der Waals surface area contributed by atoms with Crippen molar-refractivity contribution in [3.8, 4) is 22.6 Å². The number of nitrogens with zero attached hydrogens (tertiary/aromatic N) is 8. The van der Waals surface area contributed by atoms with Gasteiger partial charge in [-0.3, -0.25) is 9.97 Å². The summed E-state index contributed by atoms with van der Waals surface area (Å²) in [5.41, 5.74) is 0.0635. The maximum atomic E-state index is 13.9. The van der Waals surface area contributed by atoms with Crippen LogP contribution >= 0.6 is 11.8 Å². The van der Waals surface area contributed by atoms with E-state index in [1.54, 1.807) is 12.4 Å². The van der Waals surface area contributed by atoms with E-state index in [4.69, 9.17) is 14.2 Å². The van der Waals surface area contributed by atoms with Gasteiger partial charge >= 0.3 is 0 Å². The largest absolute Gasteiger partial charge is 0.394 e. The summed E-state index contributed by atoms with van der Waals surface area (Å²) in [7, 11) is 1.39. The van der Waals surface area contributed by atoms with Crippen LogP contribution in [0.15, 0.2) is 43.1 Å². The molecule has 5 heterocycles. The molecule has 0 saturated carbocycles. The van der Waals surface area contributed by atoms with Gasteiger partial charge in [-0.2, -0.15) is 0 Å². The molecular weight excluding hydrogens is 609 g/mol. The number of ether oxygens (including phenoxy) is 3. The average molecular weight is 637 g/mol. The van der Waals surface area contributed by atoms with Crippen molar-refractivity contribution in [3.63, 3.8) is 0 Å². The topological polar surface area (TPSA) is 176 Å². The molecule has 0 aliphatic carbocycles. The first kappa shape index (κ1) is 30.5. The first-order valence-electron chi connectivity index (χ1n) is 13.4. The van der Waals surface area contributed by atoms with Crippen LogP contribution in [0.4, 0.5) is 13.2 Å². The van der Waals surface area contributed by atoms with E-state index < -0.39 is 71.2 Å². The molecule has 4 aromatic rings. The highest BCUT2D eigenvalue weighted by Crippen LogP contribution is 2.41. The SMILES string of the molecule is CO[C@@H]1[C@@H](n2cc(-c3cc(F)c(F)c(F)c3)nn2)[C@@H](O)[C@@H](CO)O[C@H]1S[C@@H]1COC[C@H](n2cc(-c3cnccn3)nn2)[C@H]1O. The quantitative estimate of drug-likeness (QED) is 0.232. The predicted molar refractivity (Wildman–Crippen MR) is 145 cm³/mol. The van der Waals surface area contributed by atoms with Gasteiger partial charge in [0, 0.05) is 25.1 Å². The third kappa shape index (κ3) is 5.81. The van der Waals surface area contributed by atoms with Crippen molar-refractivity contribution in [2.24, 2.45) is 0 Å². The maximum Gasteiger partial charge on any atom is 0.194 e. The van der Waals surface area contributed by atoms with E-state index in [2.05, 4.69) is 30.6 Å². The third-order valence-corrected chi connectivity index (χ3v) is 8.93. The Kier molecular flexibility index (Phi) is 8.90. The normalized spacial score (nSPS) is 29.2. The smallest absolute Gasteiger partial charge is 0.194 e. The fourth-order valence-corrected chi connectivity index (χ4v) is 6.74. The number of aromatic nitrogens is 8. The van der Waals surface area contributed by atoms with Crippen LogP contribution in [-0.2, 0) is 14.2 Å². The second-order valence-corrected chi connectivity index (χ2v) is 11.5. The van der Waals surface area contributed by atoms with E-state index >= 15 is 0 Å². The predicted octanol–water partition coefficient (Wildman–Crippen LogP) is 0.779. The molecule has 14 nitrogen and oxygen atoms in total. The zero-order valence-electron chi connectivity index (χ0n) is 23.0. The minimum absolute atomic E-state index is 0.00808. The Hall–Kier alpha value is -3.52. The molecule has 234 valence electrons. The van der Waals surface area contributed by atoms with Gasteiger partial charge < -0.3 is 29.5 Å². The van der Waals surface area contributed by atoms with Gasteiger partial charge in [0.25, 0.3) is 0 Å². The van der Waals surface area contributed by atoms with E-state index in [0.29, 0.717) is 11.4 Å². The molecule has 0 radical (unpaired) electrons. The van der Waals surface area contributed by atoms with Gasteiger partial charge in [0.1, 0.15) is 52.9 Å². The highest BCUT2D eigenvalue weighted by Gasteiger charge is 2.49. The second kappa shape index (κ2) is 12.8. The highest BCUT2D eigenvalue weighted by molar-refractivity contribution is 8.00. The van der Waals surface area contributed by atoms with Crippen molar-refractivity contribution in [1.82, 2.24) is 40.0 Å². The van der Waals surface area contributed by atoms with E-state index in [-0.39, 0.29) is 24.5 Å². The van der Waals surface area contributed by atoms with Crippen LogP contribution in [0.25, 0.3) is 22.6 Å². The standard InChI is InChI=1S/C26H27F3N8O6S/c1-41-25-22(37-7-16(32-35-37)12-4-13(27)21(29)14(28)5-12)24(40)19(9-38)43-26(25)44-20-11-42-10-18(23(20)39)36-8-17(33-34-36)15-6-30-2-3-31-15/h2-8,18-20,22-26,38-40H,9-11H2,1H3/t18-,19+,20+,22-,23+,24-,25+,26-/m0/s1. The Morgan fingerprint density at radius 2 is 1.70 bits per heavy atom. The number of rotatable bonds is 8. The van der Waals surface area contributed by atoms with Crippen molar-refractivity contribution >= 4 is 11.8 Å². The monoisotopic (exact) mass is 636 g/mol. The van der Waals surface area contributed by atoms with Crippen molar-refractivity contribution in [2.75, 3.05) is 26.9 Å². The Bertz CT molecular complexity index is 1560. The van der Waals surface area contributed by atoms with Gasteiger partial charge in [-0.1, -0.05) is 10.4 Å². The fourth-order valence-electron chi connectivity index (χ4n) is 5.24. The Morgan fingerprint density at radius 3 is 2.41 bits per heavy atom. The van der Waals surface area contributed by atoms with Gasteiger partial charge in [0.05, 0.1) is 49.8 Å². The minimum atomic E-state index is -1.61. The first-order valence-corrected chi connectivity index (χ1v) is 14.4. The molecule has 0 amide bonds. The molecule has 44 heavy (non-hydrogen) atoms. The molecule has 3 N–H and O–H groups in total. The summed E-state index contributed by atoms with van der Waals surface area (Å²) >= 11 is 1.18. The first-order chi connectivity index (χ1) is 21.3. The van der Waals surface area contributed by atoms with E-state index in [9.17, 15) is 28.5 Å². The average Bonchev–Trinajstić information content (AvgIpc) is 3.72. The van der Waals surface area contributed by atoms with E-state index in [1.165, 1.54) is 46.8 Å². The lowest BCUT2D eigenvalue weighted by Crippen LogP contribution is -2.56. The number of hydrogen-bond acceptors (Lipinski definition) is 13. The van der Waals surface area contributed by atoms with Crippen LogP contribution in [0, 0.1) is 17.5 Å². The second-order valence-electron chi connectivity index (χ2n) is 10.2. The molecule has 3 aromatic heterocycles. The number of benzene rings is 1. The lowest BCUT2D eigenvalue weighted by molar-refractivity contribution is -0.186. The van der Waals surface area contributed by atoms with E-state index in [0.717, 1.165) is 12.1 Å². The Morgan fingerprint density at radius 1 is 0.977 bits per heavy atom. The third-order valence-electron chi connectivity index (χ3n) is 7.52. The molecule has 2 saturated heterocycles. The van der Waals surface area contributed by atoms with Crippen LogP contribution in [0.5, 0.6) is 0 Å². The Balaban J connectivity index is 1.23. The summed E-state index contributed by atoms with van der Waals surface area (Å²) in [5, 5.41) is 48.2. The minimum Gasteiger partial charge on any atom is -0.394 e. The summed E-state index contributed by atoms with van der Waals surface area (Å²) in [6.07, 6.45) is 3.26. The maximum absolute atomic E-state index is 13.9. The highest BCUT2D eigenvalue weighted by atomic mass is 32.2. The van der Waals surface area contributed by atoms with Crippen molar-refractivity contribution in [3.05, 3.63) is 60.6 Å². The molecule has 0 bridgehead atoms. The number of methoxy groups -OCH3 is 1. The molecule has 2 aliphatic rings. The van der Waals surface area contributed by atoms with Gasteiger partial charge in [-0.05, 0) is 12.1 Å². The Labute approximate surface area is 251 Å². The van der Waals surface area contributed by atoms with Crippen molar-refractivity contribution in [2.45, 2.75) is 47.2 Å². The molecule has 18 heteroatoms. The molecule has 8 atom stereocenters. The van der Waals surface area contributed by atoms with Gasteiger partial charge in [-0.25, -0.2) is 22.5 Å². The summed E-state index contributed by atoms with van der Waals surface area (Å²) in [4.78, 5) is 8.24. The summed E-state index contributed by atoms with van der Waals surface area (Å²) in [5.74, 6) is -4.40. The lowest BCUT2D eigenvalue weighted by atomic mass is 9.97. The number of aliphatic hydroxyl groups excluding tert-OH is 3. The number of thioether (sulfide) groups is 1. The lowest BCUT2D eigenvalue weighted by Gasteiger charge is -2.45. The summed E-state index contributed by atoms with van der Waals surface area (Å²) in [6, 6.07) is -0.0275. The summed E-state index contributed by atoms with van der Waals surface area (Å²) in [6.45, 7) is -0.248. The molecule has 0 unspecified atom stereocenters. The molecule has 6 rings (SSSR count). The van der Waals surface area contributed by atoms with Crippen LogP contribution in [0.1, 0.15) is 12.1 Å². The van der Waals surface area contributed by atoms with Crippen LogP contribution in [0.3, 0.4) is 0 Å². The van der Waals surface area contributed by atoms with Crippen LogP contribution < -0.4 is 0 Å².